The first-order chi connectivity index (χ1) is 13.3. The molecule has 0 spiro atoms. The van der Waals surface area contributed by atoms with Crippen molar-refractivity contribution in [3.05, 3.63) is 36.0 Å². The molecule has 0 saturated heterocycles. The molecule has 0 saturated carbocycles. The number of aromatic nitrogens is 2. The Labute approximate surface area is 163 Å². The van der Waals surface area contributed by atoms with Crippen LogP contribution in [0.2, 0.25) is 0 Å². The van der Waals surface area contributed by atoms with Gasteiger partial charge in [-0.25, -0.2) is 4.98 Å². The average molecular weight is 397 g/mol. The summed E-state index contributed by atoms with van der Waals surface area (Å²) in [5, 5.41) is 2.89. The molecule has 0 fully saturated rings. The van der Waals surface area contributed by atoms with E-state index >= 15 is 0 Å². The average Bonchev–Trinajstić information content (AvgIpc) is 2.62. The Morgan fingerprint density at radius 1 is 1.07 bits per heavy atom. The van der Waals surface area contributed by atoms with E-state index in [0.717, 1.165) is 25.5 Å². The Kier molecular flexibility index (Phi) is 7.90. The van der Waals surface area contributed by atoms with Gasteiger partial charge in [-0.3, -0.25) is 0 Å². The number of ether oxygens (including phenoxy) is 2. The van der Waals surface area contributed by atoms with Crippen molar-refractivity contribution in [2.75, 3.05) is 11.9 Å². The molecule has 0 aliphatic rings. The van der Waals surface area contributed by atoms with Crippen LogP contribution < -0.4 is 14.8 Å². The number of anilines is 2. The van der Waals surface area contributed by atoms with E-state index < -0.39 is 17.6 Å². The first kappa shape index (κ1) is 21.8. The van der Waals surface area contributed by atoms with Gasteiger partial charge in [-0.1, -0.05) is 26.2 Å². The van der Waals surface area contributed by atoms with E-state index in [2.05, 4.69) is 22.2 Å². The molecule has 0 bridgehead atoms. The molecule has 0 radical (unpaired) electrons. The van der Waals surface area contributed by atoms with Gasteiger partial charge in [0.2, 0.25) is 11.8 Å². The van der Waals surface area contributed by atoms with Crippen LogP contribution in [0.25, 0.3) is 0 Å². The summed E-state index contributed by atoms with van der Waals surface area (Å²) in [5.41, 5.74) is -0.348. The largest absolute Gasteiger partial charge is 0.491 e. The lowest BCUT2D eigenvalue weighted by Crippen LogP contribution is -2.13. The van der Waals surface area contributed by atoms with Gasteiger partial charge in [-0.2, -0.15) is 18.2 Å². The molecule has 28 heavy (non-hydrogen) atoms. The molecule has 0 amide bonds. The van der Waals surface area contributed by atoms with Crippen LogP contribution in [0, 0.1) is 0 Å². The smallest absolute Gasteiger partial charge is 0.423 e. The quantitative estimate of drug-likeness (QED) is 0.500. The maximum atomic E-state index is 13.2. The van der Waals surface area contributed by atoms with Gasteiger partial charge >= 0.3 is 6.18 Å². The summed E-state index contributed by atoms with van der Waals surface area (Å²) in [5.74, 6) is 0.278. The van der Waals surface area contributed by atoms with Crippen LogP contribution in [0.3, 0.4) is 0 Å². The van der Waals surface area contributed by atoms with Gasteiger partial charge in [-0.15, -0.1) is 0 Å². The van der Waals surface area contributed by atoms with Crippen LogP contribution >= 0.6 is 0 Å². The topological polar surface area (TPSA) is 56.3 Å². The molecule has 1 aromatic heterocycles. The Morgan fingerprint density at radius 2 is 1.79 bits per heavy atom. The van der Waals surface area contributed by atoms with Crippen molar-refractivity contribution in [3.63, 3.8) is 0 Å². The molecule has 154 valence electrons. The fraction of sp³-hybridized carbons (Fsp3) is 0.500. The highest BCUT2D eigenvalue weighted by Crippen LogP contribution is 2.35. The summed E-state index contributed by atoms with van der Waals surface area (Å²) in [6.45, 7) is 6.09. The summed E-state index contributed by atoms with van der Waals surface area (Å²) in [6, 6.07) is 7.00. The maximum Gasteiger partial charge on any atom is 0.423 e. The van der Waals surface area contributed by atoms with Crippen LogP contribution in [0.4, 0.5) is 24.8 Å². The second-order valence-corrected chi connectivity index (χ2v) is 6.64. The van der Waals surface area contributed by atoms with Crippen molar-refractivity contribution in [2.45, 2.75) is 58.7 Å². The highest BCUT2D eigenvalue weighted by molar-refractivity contribution is 5.55. The first-order valence-corrected chi connectivity index (χ1v) is 9.40. The van der Waals surface area contributed by atoms with Crippen molar-refractivity contribution in [3.8, 4) is 11.6 Å². The second kappa shape index (κ2) is 10.1. The van der Waals surface area contributed by atoms with Gasteiger partial charge in [-0.05, 0) is 44.5 Å². The molecule has 2 rings (SSSR count). The molecule has 0 unspecified atom stereocenters. The van der Waals surface area contributed by atoms with Gasteiger partial charge in [0, 0.05) is 11.9 Å². The Balaban J connectivity index is 2.10. The molecule has 2 aromatic rings. The zero-order chi connectivity index (χ0) is 20.6. The molecular formula is C20H26F3N3O2. The predicted octanol–water partition coefficient (Wildman–Crippen LogP) is 5.99. The van der Waals surface area contributed by atoms with Crippen LogP contribution in [0.5, 0.6) is 11.6 Å². The number of hydrogen-bond acceptors (Lipinski definition) is 5. The molecule has 5 nitrogen and oxygen atoms in total. The Morgan fingerprint density at radius 3 is 2.39 bits per heavy atom. The van der Waals surface area contributed by atoms with Crippen molar-refractivity contribution in [1.82, 2.24) is 9.97 Å². The van der Waals surface area contributed by atoms with E-state index in [4.69, 9.17) is 9.47 Å². The van der Waals surface area contributed by atoms with E-state index in [1.54, 1.807) is 24.3 Å². The fourth-order valence-electron chi connectivity index (χ4n) is 2.45. The minimum atomic E-state index is -4.58. The first-order valence-electron chi connectivity index (χ1n) is 9.40. The number of halogens is 3. The van der Waals surface area contributed by atoms with Gasteiger partial charge in [0.1, 0.15) is 11.3 Å². The van der Waals surface area contributed by atoms with E-state index in [1.165, 1.54) is 0 Å². The molecule has 1 heterocycles. The van der Waals surface area contributed by atoms with E-state index in [0.29, 0.717) is 17.9 Å². The van der Waals surface area contributed by atoms with E-state index in [-0.39, 0.29) is 18.7 Å². The lowest BCUT2D eigenvalue weighted by Gasteiger charge is -2.14. The molecule has 8 heteroatoms. The number of nitrogens with one attached hydrogen (secondary N) is 1. The molecule has 0 aliphatic heterocycles. The normalized spacial score (nSPS) is 11.5. The number of alkyl halides is 3. The lowest BCUT2D eigenvalue weighted by molar-refractivity contribution is -0.139. The molecule has 0 atom stereocenters. The van der Waals surface area contributed by atoms with Gasteiger partial charge in [0.05, 0.1) is 12.7 Å². The highest BCUT2D eigenvalue weighted by Gasteiger charge is 2.36. The zero-order valence-corrected chi connectivity index (χ0v) is 16.3. The minimum Gasteiger partial charge on any atom is -0.491 e. The minimum absolute atomic E-state index is 0.0362. The van der Waals surface area contributed by atoms with Gasteiger partial charge < -0.3 is 14.8 Å². The third-order valence-electron chi connectivity index (χ3n) is 3.78. The maximum absolute atomic E-state index is 13.2. The second-order valence-electron chi connectivity index (χ2n) is 6.64. The summed E-state index contributed by atoms with van der Waals surface area (Å²) < 4.78 is 50.5. The van der Waals surface area contributed by atoms with Gasteiger partial charge in [0.15, 0.2) is 0 Å². The third kappa shape index (κ3) is 6.90. The summed E-state index contributed by atoms with van der Waals surface area (Å²) in [6.07, 6.45) is -0.151. The molecule has 1 N–H and O–H groups in total. The van der Waals surface area contributed by atoms with Crippen LogP contribution in [0.1, 0.15) is 52.0 Å². The highest BCUT2D eigenvalue weighted by atomic mass is 19.4. The van der Waals surface area contributed by atoms with Crippen LogP contribution in [-0.2, 0) is 6.18 Å². The molecular weight excluding hydrogens is 371 g/mol. The SMILES string of the molecule is CCCCCCOc1nc(Nc2ccc(OC(C)C)cc2)ncc1C(F)(F)F. The van der Waals surface area contributed by atoms with E-state index in [9.17, 15) is 13.2 Å². The molecule has 1 aromatic carbocycles. The van der Waals surface area contributed by atoms with Crippen LogP contribution in [0.15, 0.2) is 30.5 Å². The van der Waals surface area contributed by atoms with Crippen molar-refractivity contribution in [1.29, 1.82) is 0 Å². The standard InChI is InChI=1S/C20H26F3N3O2/c1-4-5-6-7-12-27-18-17(20(21,22)23)13-24-19(26-18)25-15-8-10-16(11-9-15)28-14(2)3/h8-11,13-14H,4-7,12H2,1-3H3,(H,24,25,26). The monoisotopic (exact) mass is 397 g/mol. The van der Waals surface area contributed by atoms with Crippen LogP contribution in [-0.4, -0.2) is 22.7 Å². The third-order valence-corrected chi connectivity index (χ3v) is 3.78. The number of benzene rings is 1. The summed E-state index contributed by atoms with van der Waals surface area (Å²) in [4.78, 5) is 7.70. The van der Waals surface area contributed by atoms with Gasteiger partial charge in [0.25, 0.3) is 0 Å². The zero-order valence-electron chi connectivity index (χ0n) is 16.3. The number of unbranched alkanes of at least 4 members (excludes halogenated alkanes) is 3. The van der Waals surface area contributed by atoms with E-state index in [1.807, 2.05) is 13.8 Å². The predicted molar refractivity (Wildman–Crippen MR) is 102 cm³/mol. The molecule has 0 aliphatic carbocycles. The lowest BCUT2D eigenvalue weighted by atomic mass is 10.2. The summed E-state index contributed by atoms with van der Waals surface area (Å²) in [7, 11) is 0. The number of hydrogen-bond donors (Lipinski definition) is 1. The number of nitrogens with zero attached hydrogens (tertiary/aromatic N) is 2. The Bertz CT molecular complexity index is 734. The fourth-order valence-corrected chi connectivity index (χ4v) is 2.45. The Hall–Kier alpha value is -2.51. The van der Waals surface area contributed by atoms with Crippen molar-refractivity contribution in [2.24, 2.45) is 0 Å². The summed E-state index contributed by atoms with van der Waals surface area (Å²) >= 11 is 0. The van der Waals surface area contributed by atoms with Crippen molar-refractivity contribution >= 4 is 11.6 Å². The van der Waals surface area contributed by atoms with Crippen molar-refractivity contribution < 1.29 is 22.6 Å². The number of rotatable bonds is 10.